The molecule has 2 N–H and O–H groups in total. The van der Waals surface area contributed by atoms with Crippen LogP contribution in [0.5, 0.6) is 5.88 Å². The van der Waals surface area contributed by atoms with Crippen molar-refractivity contribution in [3.05, 3.63) is 35.0 Å². The fourth-order valence-corrected chi connectivity index (χ4v) is 1.91. The number of rotatable bonds is 4. The number of allylic oxidation sites excluding steroid dienone is 4. The van der Waals surface area contributed by atoms with E-state index in [1.165, 1.54) is 0 Å². The predicted octanol–water partition coefficient (Wildman–Crippen LogP) is 2.83. The predicted molar refractivity (Wildman–Crippen MR) is 72.5 cm³/mol. The third-order valence-corrected chi connectivity index (χ3v) is 3.09. The molecule has 5 heteroatoms. The maximum Gasteiger partial charge on any atom is 0.223 e. The first kappa shape index (κ1) is 12.9. The van der Waals surface area contributed by atoms with E-state index in [1.807, 2.05) is 19.1 Å². The van der Waals surface area contributed by atoms with Gasteiger partial charge < -0.3 is 10.5 Å². The van der Waals surface area contributed by atoms with Gasteiger partial charge in [0.2, 0.25) is 11.8 Å². The summed E-state index contributed by atoms with van der Waals surface area (Å²) in [6, 6.07) is 0. The van der Waals surface area contributed by atoms with Crippen molar-refractivity contribution in [1.82, 2.24) is 9.97 Å². The zero-order valence-electron chi connectivity index (χ0n) is 10.3. The third-order valence-electron chi connectivity index (χ3n) is 2.81. The molecule has 0 aliphatic heterocycles. The van der Waals surface area contributed by atoms with E-state index < -0.39 is 0 Å². The second-order valence-corrected chi connectivity index (χ2v) is 4.73. The van der Waals surface area contributed by atoms with Gasteiger partial charge in [0.15, 0.2) is 0 Å². The second-order valence-electron chi connectivity index (χ2n) is 4.30. The minimum Gasteiger partial charge on any atom is -0.477 e. The van der Waals surface area contributed by atoms with Gasteiger partial charge in [-0.3, -0.25) is 0 Å². The summed E-state index contributed by atoms with van der Waals surface area (Å²) >= 11 is 5.86. The molecule has 2 rings (SSSR count). The van der Waals surface area contributed by atoms with Gasteiger partial charge in [-0.15, -0.1) is 0 Å². The van der Waals surface area contributed by atoms with Gasteiger partial charge in [0, 0.05) is 16.8 Å². The average Bonchev–Trinajstić information content (AvgIpc) is 2.36. The number of anilines is 1. The zero-order valence-corrected chi connectivity index (χ0v) is 11.0. The number of halogens is 1. The van der Waals surface area contributed by atoms with Crippen molar-refractivity contribution in [2.45, 2.75) is 19.8 Å². The van der Waals surface area contributed by atoms with Gasteiger partial charge in [-0.05, 0) is 31.8 Å². The van der Waals surface area contributed by atoms with Gasteiger partial charge in [-0.1, -0.05) is 23.8 Å². The molecule has 1 aliphatic carbocycles. The Morgan fingerprint density at radius 2 is 2.39 bits per heavy atom. The van der Waals surface area contributed by atoms with Crippen LogP contribution in [-0.4, -0.2) is 16.6 Å². The fraction of sp³-hybridized carbons (Fsp3) is 0.385. The number of nitrogens with zero attached hydrogens (tertiary/aromatic N) is 2. The number of aryl methyl sites for hydroxylation is 1. The molecule has 1 aromatic heterocycles. The summed E-state index contributed by atoms with van der Waals surface area (Å²) in [5, 5.41) is 0.812. The van der Waals surface area contributed by atoms with E-state index in [-0.39, 0.29) is 5.95 Å². The van der Waals surface area contributed by atoms with Crippen molar-refractivity contribution in [2.75, 3.05) is 12.3 Å². The highest BCUT2D eigenvalue weighted by Crippen LogP contribution is 2.22. The second kappa shape index (κ2) is 5.87. The maximum absolute atomic E-state index is 5.86. The van der Waals surface area contributed by atoms with Crippen LogP contribution in [-0.2, 0) is 0 Å². The highest BCUT2D eigenvalue weighted by molar-refractivity contribution is 6.31. The van der Waals surface area contributed by atoms with Crippen LogP contribution in [0.4, 0.5) is 5.95 Å². The highest BCUT2D eigenvalue weighted by atomic mass is 35.5. The Balaban J connectivity index is 1.82. The van der Waals surface area contributed by atoms with Crippen molar-refractivity contribution < 1.29 is 4.74 Å². The number of hydrogen-bond donors (Lipinski definition) is 1. The summed E-state index contributed by atoms with van der Waals surface area (Å²) in [6.07, 6.45) is 9.64. The Labute approximate surface area is 112 Å². The minimum absolute atomic E-state index is 0.239. The van der Waals surface area contributed by atoms with E-state index in [1.54, 1.807) is 6.20 Å². The van der Waals surface area contributed by atoms with Gasteiger partial charge in [0.25, 0.3) is 0 Å². The van der Waals surface area contributed by atoms with Gasteiger partial charge in [0.05, 0.1) is 6.61 Å². The maximum atomic E-state index is 5.86. The molecule has 1 atom stereocenters. The zero-order chi connectivity index (χ0) is 13.0. The molecule has 0 spiro atoms. The lowest BCUT2D eigenvalue weighted by Crippen LogP contribution is -2.08. The van der Waals surface area contributed by atoms with Crippen LogP contribution in [0.15, 0.2) is 29.5 Å². The van der Waals surface area contributed by atoms with E-state index >= 15 is 0 Å². The van der Waals surface area contributed by atoms with E-state index in [2.05, 4.69) is 16.0 Å². The van der Waals surface area contributed by atoms with E-state index in [0.29, 0.717) is 18.4 Å². The monoisotopic (exact) mass is 265 g/mol. The van der Waals surface area contributed by atoms with Gasteiger partial charge in [-0.2, -0.15) is 4.98 Å². The van der Waals surface area contributed by atoms with Crippen LogP contribution >= 0.6 is 11.6 Å². The standard InChI is InChI=1S/C13H16ClN3O/c1-9-8-16-13(15)17-12(9)18-7-6-10-2-4-11(14)5-3-10/h2,4-5,8,10H,3,6-7H2,1H3,(H2,15,16,17). The first-order valence-electron chi connectivity index (χ1n) is 5.91. The summed E-state index contributed by atoms with van der Waals surface area (Å²) in [5.41, 5.74) is 6.42. The molecule has 0 fully saturated rings. The first-order chi connectivity index (χ1) is 8.65. The van der Waals surface area contributed by atoms with Crippen LogP contribution in [0.25, 0.3) is 0 Å². The van der Waals surface area contributed by atoms with Crippen LogP contribution < -0.4 is 10.5 Å². The molecule has 0 radical (unpaired) electrons. The molecule has 0 bridgehead atoms. The average molecular weight is 266 g/mol. The summed E-state index contributed by atoms with van der Waals surface area (Å²) in [7, 11) is 0. The van der Waals surface area contributed by atoms with Gasteiger partial charge in [0.1, 0.15) is 0 Å². The number of nitrogen functional groups attached to an aromatic ring is 1. The fourth-order valence-electron chi connectivity index (χ4n) is 1.75. The molecule has 1 aromatic rings. The van der Waals surface area contributed by atoms with Crippen LogP contribution in [0.3, 0.4) is 0 Å². The van der Waals surface area contributed by atoms with Crippen LogP contribution in [0, 0.1) is 12.8 Å². The largest absolute Gasteiger partial charge is 0.477 e. The molecule has 0 aromatic carbocycles. The van der Waals surface area contributed by atoms with E-state index in [4.69, 9.17) is 22.1 Å². The lowest BCUT2D eigenvalue weighted by Gasteiger charge is -2.14. The van der Waals surface area contributed by atoms with Crippen molar-refractivity contribution in [1.29, 1.82) is 0 Å². The molecule has 0 saturated heterocycles. The molecule has 18 heavy (non-hydrogen) atoms. The molecular weight excluding hydrogens is 250 g/mol. The summed E-state index contributed by atoms with van der Waals surface area (Å²) in [6.45, 7) is 2.51. The van der Waals surface area contributed by atoms with Crippen molar-refractivity contribution in [3.63, 3.8) is 0 Å². The van der Waals surface area contributed by atoms with E-state index in [0.717, 1.165) is 23.4 Å². The molecule has 1 heterocycles. The smallest absolute Gasteiger partial charge is 0.223 e. The molecule has 1 unspecified atom stereocenters. The molecule has 4 nitrogen and oxygen atoms in total. The van der Waals surface area contributed by atoms with Crippen LogP contribution in [0.2, 0.25) is 0 Å². The Hall–Kier alpha value is -1.55. The number of nitrogens with two attached hydrogens (primary N) is 1. The highest BCUT2D eigenvalue weighted by Gasteiger charge is 2.09. The summed E-state index contributed by atoms with van der Waals surface area (Å²) < 4.78 is 5.63. The minimum atomic E-state index is 0.239. The Bertz CT molecular complexity index is 485. The lowest BCUT2D eigenvalue weighted by atomic mass is 9.98. The van der Waals surface area contributed by atoms with Crippen molar-refractivity contribution in [2.24, 2.45) is 5.92 Å². The first-order valence-corrected chi connectivity index (χ1v) is 6.28. The molecular formula is C13H16ClN3O. The topological polar surface area (TPSA) is 61.0 Å². The molecule has 0 saturated carbocycles. The SMILES string of the molecule is Cc1cnc(N)nc1OCCC1C=CC(Cl)=CC1. The summed E-state index contributed by atoms with van der Waals surface area (Å²) in [4.78, 5) is 7.96. The van der Waals surface area contributed by atoms with E-state index in [9.17, 15) is 0 Å². The Kier molecular flexibility index (Phi) is 4.20. The molecule has 0 amide bonds. The van der Waals surface area contributed by atoms with Gasteiger partial charge in [-0.25, -0.2) is 4.98 Å². The lowest BCUT2D eigenvalue weighted by molar-refractivity contribution is 0.279. The number of hydrogen-bond acceptors (Lipinski definition) is 4. The van der Waals surface area contributed by atoms with Crippen LogP contribution in [0.1, 0.15) is 18.4 Å². The Morgan fingerprint density at radius 1 is 1.56 bits per heavy atom. The van der Waals surface area contributed by atoms with Crippen molar-refractivity contribution >= 4 is 17.5 Å². The quantitative estimate of drug-likeness (QED) is 0.909. The number of ether oxygens (including phenoxy) is 1. The van der Waals surface area contributed by atoms with Crippen molar-refractivity contribution in [3.8, 4) is 5.88 Å². The van der Waals surface area contributed by atoms with Gasteiger partial charge >= 0.3 is 0 Å². The Morgan fingerprint density at radius 3 is 3.11 bits per heavy atom. The molecule has 1 aliphatic rings. The third kappa shape index (κ3) is 3.47. The number of aromatic nitrogens is 2. The molecule has 96 valence electrons. The normalized spacial score (nSPS) is 18.6. The summed E-state index contributed by atoms with van der Waals surface area (Å²) in [5.74, 6) is 1.28.